The highest BCUT2D eigenvalue weighted by Gasteiger charge is 2.49. The number of nitrogens with one attached hydrogen (secondary N) is 1. The van der Waals surface area contributed by atoms with Crippen LogP contribution in [0.25, 0.3) is 0 Å². The topological polar surface area (TPSA) is 66.5 Å². The van der Waals surface area contributed by atoms with Crippen molar-refractivity contribution >= 4 is 33.7 Å². The van der Waals surface area contributed by atoms with Crippen molar-refractivity contribution in [2.45, 2.75) is 33.2 Å². The molecule has 0 saturated carbocycles. The highest BCUT2D eigenvalue weighted by Crippen LogP contribution is 2.30. The first-order valence-corrected chi connectivity index (χ1v) is 7.78. The van der Waals surface area contributed by atoms with Crippen molar-refractivity contribution in [1.82, 2.24) is 10.2 Å². The SMILES string of the molecule is CC(C)(C)C(=O)CN1C(=O)NC(C)(c2ccc(Br)cc2)C1=O. The lowest BCUT2D eigenvalue weighted by atomic mass is 9.89. The molecule has 5 nitrogen and oxygen atoms in total. The van der Waals surface area contributed by atoms with Gasteiger partial charge in [0.1, 0.15) is 5.54 Å². The Hall–Kier alpha value is -1.69. The third kappa shape index (κ3) is 2.92. The molecule has 0 spiro atoms. The van der Waals surface area contributed by atoms with E-state index in [1.165, 1.54) is 0 Å². The molecule has 0 aromatic heterocycles. The molecular formula is C16H19BrN2O3. The minimum atomic E-state index is -1.14. The molecule has 1 atom stereocenters. The van der Waals surface area contributed by atoms with E-state index >= 15 is 0 Å². The maximum Gasteiger partial charge on any atom is 0.325 e. The van der Waals surface area contributed by atoms with Crippen LogP contribution < -0.4 is 5.32 Å². The molecule has 1 fully saturated rings. The van der Waals surface area contributed by atoms with E-state index in [4.69, 9.17) is 0 Å². The summed E-state index contributed by atoms with van der Waals surface area (Å²) in [7, 11) is 0. The molecule has 1 N–H and O–H groups in total. The van der Waals surface area contributed by atoms with Gasteiger partial charge in [-0.15, -0.1) is 0 Å². The van der Waals surface area contributed by atoms with E-state index in [2.05, 4.69) is 21.2 Å². The number of Topliss-reactive ketones (excluding diaryl/α,β-unsaturated/α-hetero) is 1. The van der Waals surface area contributed by atoms with Crippen molar-refractivity contribution in [2.75, 3.05) is 6.54 Å². The van der Waals surface area contributed by atoms with Crippen LogP contribution in [0.2, 0.25) is 0 Å². The molecule has 1 unspecified atom stereocenters. The first-order chi connectivity index (χ1) is 10.1. The molecule has 22 heavy (non-hydrogen) atoms. The Morgan fingerprint density at radius 3 is 2.27 bits per heavy atom. The number of carbonyl (C=O) groups is 3. The van der Waals surface area contributed by atoms with Gasteiger partial charge in [-0.1, -0.05) is 48.8 Å². The predicted molar refractivity (Wildman–Crippen MR) is 86.2 cm³/mol. The number of hydrogen-bond acceptors (Lipinski definition) is 3. The van der Waals surface area contributed by atoms with Gasteiger partial charge in [0.2, 0.25) is 0 Å². The molecule has 118 valence electrons. The lowest BCUT2D eigenvalue weighted by molar-refractivity contribution is -0.136. The molecule has 6 heteroatoms. The summed E-state index contributed by atoms with van der Waals surface area (Å²) in [5.74, 6) is -0.562. The van der Waals surface area contributed by atoms with Crippen LogP contribution in [-0.4, -0.2) is 29.2 Å². The van der Waals surface area contributed by atoms with Crippen LogP contribution in [0.1, 0.15) is 33.3 Å². The number of halogens is 1. The van der Waals surface area contributed by atoms with Gasteiger partial charge in [0.05, 0.1) is 6.54 Å². The largest absolute Gasteiger partial charge is 0.325 e. The zero-order chi connectivity index (χ0) is 16.7. The Morgan fingerprint density at radius 1 is 1.23 bits per heavy atom. The highest BCUT2D eigenvalue weighted by molar-refractivity contribution is 9.10. The van der Waals surface area contributed by atoms with Gasteiger partial charge in [-0.3, -0.25) is 14.5 Å². The Morgan fingerprint density at radius 2 is 1.77 bits per heavy atom. The smallest absolute Gasteiger partial charge is 0.319 e. The predicted octanol–water partition coefficient (Wildman–Crippen LogP) is 2.83. The number of imide groups is 1. The summed E-state index contributed by atoms with van der Waals surface area (Å²) in [6.45, 7) is 6.74. The van der Waals surface area contributed by atoms with Crippen LogP contribution in [0.15, 0.2) is 28.7 Å². The fraction of sp³-hybridized carbons (Fsp3) is 0.438. The minimum Gasteiger partial charge on any atom is -0.319 e. The van der Waals surface area contributed by atoms with E-state index < -0.39 is 22.9 Å². The van der Waals surface area contributed by atoms with Crippen LogP contribution in [-0.2, 0) is 15.1 Å². The van der Waals surface area contributed by atoms with Crippen molar-refractivity contribution in [2.24, 2.45) is 5.41 Å². The van der Waals surface area contributed by atoms with Crippen molar-refractivity contribution in [3.05, 3.63) is 34.3 Å². The van der Waals surface area contributed by atoms with Crippen molar-refractivity contribution in [3.8, 4) is 0 Å². The van der Waals surface area contributed by atoms with Gasteiger partial charge in [0.15, 0.2) is 5.78 Å². The van der Waals surface area contributed by atoms with Crippen LogP contribution in [0.3, 0.4) is 0 Å². The first kappa shape index (κ1) is 16.7. The van der Waals surface area contributed by atoms with Gasteiger partial charge in [0, 0.05) is 9.89 Å². The zero-order valence-corrected chi connectivity index (χ0v) is 14.7. The number of rotatable bonds is 3. The van der Waals surface area contributed by atoms with Crippen LogP contribution in [0.4, 0.5) is 4.79 Å². The summed E-state index contributed by atoms with van der Waals surface area (Å²) in [6.07, 6.45) is 0. The lowest BCUT2D eigenvalue weighted by Crippen LogP contribution is -2.42. The molecule has 0 radical (unpaired) electrons. The fourth-order valence-corrected chi connectivity index (χ4v) is 2.46. The number of amides is 3. The standard InChI is InChI=1S/C16H19BrN2O3/c1-15(2,3)12(20)9-19-13(21)16(4,18-14(19)22)10-5-7-11(17)8-6-10/h5-8H,9H2,1-4H3,(H,18,22). The summed E-state index contributed by atoms with van der Waals surface area (Å²) in [5, 5.41) is 2.69. The van der Waals surface area contributed by atoms with Crippen molar-refractivity contribution < 1.29 is 14.4 Å². The number of ketones is 1. The van der Waals surface area contributed by atoms with Crippen LogP contribution in [0.5, 0.6) is 0 Å². The van der Waals surface area contributed by atoms with E-state index in [1.807, 2.05) is 12.1 Å². The highest BCUT2D eigenvalue weighted by atomic mass is 79.9. The van der Waals surface area contributed by atoms with Gasteiger partial charge < -0.3 is 5.32 Å². The summed E-state index contributed by atoms with van der Waals surface area (Å²) in [5.41, 5.74) is -1.06. The molecule has 3 amide bonds. The monoisotopic (exact) mass is 366 g/mol. The van der Waals surface area contributed by atoms with Gasteiger partial charge in [-0.2, -0.15) is 0 Å². The Bertz CT molecular complexity index is 634. The minimum absolute atomic E-state index is 0.156. The number of benzene rings is 1. The number of carbonyl (C=O) groups excluding carboxylic acids is 3. The lowest BCUT2D eigenvalue weighted by Gasteiger charge is -2.23. The second-order valence-corrected chi connectivity index (χ2v) is 7.54. The fourth-order valence-electron chi connectivity index (χ4n) is 2.20. The summed E-state index contributed by atoms with van der Waals surface area (Å²) in [6, 6.07) is 6.63. The molecule has 1 saturated heterocycles. The van der Waals surface area contributed by atoms with E-state index in [0.717, 1.165) is 9.37 Å². The van der Waals surface area contributed by atoms with E-state index in [0.29, 0.717) is 5.56 Å². The molecular weight excluding hydrogens is 348 g/mol. The average molecular weight is 367 g/mol. The van der Waals surface area contributed by atoms with E-state index in [9.17, 15) is 14.4 Å². The van der Waals surface area contributed by atoms with E-state index in [-0.39, 0.29) is 12.3 Å². The van der Waals surface area contributed by atoms with Gasteiger partial charge in [-0.05, 0) is 24.6 Å². The second kappa shape index (κ2) is 5.50. The number of urea groups is 1. The van der Waals surface area contributed by atoms with E-state index in [1.54, 1.807) is 39.8 Å². The molecule has 1 aromatic rings. The summed E-state index contributed by atoms with van der Waals surface area (Å²) < 4.78 is 0.886. The van der Waals surface area contributed by atoms with Crippen LogP contribution >= 0.6 is 15.9 Å². The first-order valence-electron chi connectivity index (χ1n) is 6.99. The zero-order valence-electron chi connectivity index (χ0n) is 13.1. The maximum absolute atomic E-state index is 12.7. The van der Waals surface area contributed by atoms with Crippen molar-refractivity contribution in [3.63, 3.8) is 0 Å². The number of nitrogens with zero attached hydrogens (tertiary/aromatic N) is 1. The summed E-state index contributed by atoms with van der Waals surface area (Å²) >= 11 is 3.34. The van der Waals surface area contributed by atoms with Gasteiger partial charge in [0.25, 0.3) is 5.91 Å². The molecule has 1 aliphatic rings. The molecule has 0 bridgehead atoms. The molecule has 1 heterocycles. The second-order valence-electron chi connectivity index (χ2n) is 6.63. The Kier molecular flexibility index (Phi) is 4.17. The third-order valence-electron chi connectivity index (χ3n) is 3.83. The molecule has 1 aromatic carbocycles. The Balaban J connectivity index is 2.28. The third-order valence-corrected chi connectivity index (χ3v) is 4.36. The molecule has 2 rings (SSSR count). The number of hydrogen-bond donors (Lipinski definition) is 1. The Labute approximate surface area is 138 Å². The quantitative estimate of drug-likeness (QED) is 0.836. The van der Waals surface area contributed by atoms with Crippen molar-refractivity contribution in [1.29, 1.82) is 0 Å². The molecule has 1 aliphatic heterocycles. The van der Waals surface area contributed by atoms with Crippen LogP contribution in [0, 0.1) is 5.41 Å². The van der Waals surface area contributed by atoms with Gasteiger partial charge in [-0.25, -0.2) is 4.79 Å². The normalized spacial score (nSPS) is 22.0. The summed E-state index contributed by atoms with van der Waals surface area (Å²) in [4.78, 5) is 37.9. The average Bonchev–Trinajstić information content (AvgIpc) is 2.63. The molecule has 0 aliphatic carbocycles. The maximum atomic E-state index is 12.7. The van der Waals surface area contributed by atoms with Gasteiger partial charge >= 0.3 is 6.03 Å².